The number of benzene rings is 1. The molecule has 0 aromatic heterocycles. The molecule has 1 aromatic rings. The molecule has 19 heavy (non-hydrogen) atoms. The molecule has 1 aliphatic heterocycles. The van der Waals surface area contributed by atoms with Gasteiger partial charge >= 0.3 is 6.09 Å². The molecule has 2 rings (SSSR count). The number of nitrogens with two attached hydrogens (primary N) is 1. The fourth-order valence-electron chi connectivity index (χ4n) is 2.72. The van der Waals surface area contributed by atoms with Gasteiger partial charge in [0.1, 0.15) is 0 Å². The second-order valence-electron chi connectivity index (χ2n) is 4.98. The number of piperazine rings is 1. The van der Waals surface area contributed by atoms with E-state index in [1.54, 1.807) is 0 Å². The first-order valence-corrected chi connectivity index (χ1v) is 6.62. The maximum atomic E-state index is 11.1. The molecule has 1 amide bonds. The number of nitrogens with zero attached hydrogens (tertiary/aromatic N) is 2. The van der Waals surface area contributed by atoms with Crippen LogP contribution in [0.1, 0.15) is 18.5 Å². The lowest BCUT2D eigenvalue weighted by atomic mass is 10.0. The van der Waals surface area contributed by atoms with Crippen LogP contribution in [0.5, 0.6) is 0 Å². The summed E-state index contributed by atoms with van der Waals surface area (Å²) in [5.41, 5.74) is 7.10. The molecule has 1 aliphatic rings. The van der Waals surface area contributed by atoms with Crippen LogP contribution in [0.3, 0.4) is 0 Å². The average molecular weight is 263 g/mol. The predicted octanol–water partition coefficient (Wildman–Crippen LogP) is 1.37. The van der Waals surface area contributed by atoms with Gasteiger partial charge in [0.25, 0.3) is 0 Å². The third kappa shape index (κ3) is 3.05. The Labute approximate surface area is 113 Å². The molecule has 5 nitrogen and oxygen atoms in total. The number of hydrogen-bond donors (Lipinski definition) is 2. The van der Waals surface area contributed by atoms with Gasteiger partial charge in [0.05, 0.1) is 0 Å². The third-order valence-corrected chi connectivity index (χ3v) is 3.75. The second kappa shape index (κ2) is 6.04. The third-order valence-electron chi connectivity index (χ3n) is 3.75. The minimum atomic E-state index is -0.837. The highest BCUT2D eigenvalue weighted by Crippen LogP contribution is 2.23. The first kappa shape index (κ1) is 13.8. The van der Waals surface area contributed by atoms with Gasteiger partial charge in [-0.05, 0) is 12.5 Å². The lowest BCUT2D eigenvalue weighted by Crippen LogP contribution is -2.55. The maximum Gasteiger partial charge on any atom is 0.407 e. The molecular weight excluding hydrogens is 242 g/mol. The molecule has 2 atom stereocenters. The van der Waals surface area contributed by atoms with Gasteiger partial charge in [-0.2, -0.15) is 0 Å². The Morgan fingerprint density at radius 1 is 1.42 bits per heavy atom. The van der Waals surface area contributed by atoms with Gasteiger partial charge in [-0.1, -0.05) is 30.3 Å². The molecule has 0 unspecified atom stereocenters. The molecule has 1 saturated heterocycles. The van der Waals surface area contributed by atoms with Crippen molar-refractivity contribution in [2.24, 2.45) is 5.73 Å². The van der Waals surface area contributed by atoms with Crippen LogP contribution in [0, 0.1) is 0 Å². The van der Waals surface area contributed by atoms with Crippen molar-refractivity contribution in [3.05, 3.63) is 35.9 Å². The Kier molecular flexibility index (Phi) is 4.39. The normalized spacial score (nSPS) is 22.2. The van der Waals surface area contributed by atoms with Gasteiger partial charge in [0.2, 0.25) is 0 Å². The largest absolute Gasteiger partial charge is 0.465 e. The maximum absolute atomic E-state index is 11.1. The van der Waals surface area contributed by atoms with Crippen LogP contribution >= 0.6 is 0 Å². The fraction of sp³-hybridized carbons (Fsp3) is 0.500. The first-order valence-electron chi connectivity index (χ1n) is 6.62. The standard InChI is InChI=1S/C14H21N3O2/c1-11-10-16(7-8-17(11)14(18)19)13(9-15)12-5-3-2-4-6-12/h2-6,11,13H,7-10,15H2,1H3,(H,18,19)/t11-,13+/m1/s1. The smallest absolute Gasteiger partial charge is 0.407 e. The molecule has 0 aliphatic carbocycles. The van der Waals surface area contributed by atoms with E-state index in [4.69, 9.17) is 10.8 Å². The van der Waals surface area contributed by atoms with Crippen molar-refractivity contribution in [1.29, 1.82) is 0 Å². The Bertz CT molecular complexity index is 424. The van der Waals surface area contributed by atoms with Crippen molar-refractivity contribution in [3.8, 4) is 0 Å². The molecule has 3 N–H and O–H groups in total. The van der Waals surface area contributed by atoms with Crippen molar-refractivity contribution in [2.75, 3.05) is 26.2 Å². The summed E-state index contributed by atoms with van der Waals surface area (Å²) in [6.07, 6.45) is -0.837. The lowest BCUT2D eigenvalue weighted by Gasteiger charge is -2.42. The highest BCUT2D eigenvalue weighted by Gasteiger charge is 2.30. The topological polar surface area (TPSA) is 69.8 Å². The Morgan fingerprint density at radius 3 is 2.63 bits per heavy atom. The van der Waals surface area contributed by atoms with Gasteiger partial charge < -0.3 is 15.7 Å². The summed E-state index contributed by atoms with van der Waals surface area (Å²) in [4.78, 5) is 14.8. The van der Waals surface area contributed by atoms with E-state index in [1.807, 2.05) is 25.1 Å². The van der Waals surface area contributed by atoms with Gasteiger partial charge in [-0.15, -0.1) is 0 Å². The van der Waals surface area contributed by atoms with Crippen LogP contribution in [0.15, 0.2) is 30.3 Å². The quantitative estimate of drug-likeness (QED) is 0.864. The minimum Gasteiger partial charge on any atom is -0.465 e. The minimum absolute atomic E-state index is 0.00372. The van der Waals surface area contributed by atoms with Crippen LogP contribution in [0.25, 0.3) is 0 Å². The molecular formula is C14H21N3O2. The van der Waals surface area contributed by atoms with E-state index in [2.05, 4.69) is 17.0 Å². The average Bonchev–Trinajstić information content (AvgIpc) is 2.40. The van der Waals surface area contributed by atoms with E-state index in [0.717, 1.165) is 13.1 Å². The van der Waals surface area contributed by atoms with Gasteiger partial charge in [0.15, 0.2) is 0 Å². The van der Waals surface area contributed by atoms with Crippen LogP contribution < -0.4 is 5.73 Å². The first-order chi connectivity index (χ1) is 9.13. The van der Waals surface area contributed by atoms with Crippen molar-refractivity contribution in [3.63, 3.8) is 0 Å². The molecule has 5 heteroatoms. The van der Waals surface area contributed by atoms with Crippen LogP contribution in [-0.2, 0) is 0 Å². The summed E-state index contributed by atoms with van der Waals surface area (Å²) in [5.74, 6) is 0. The zero-order valence-corrected chi connectivity index (χ0v) is 11.2. The molecule has 0 saturated carbocycles. The number of rotatable bonds is 3. The summed E-state index contributed by atoms with van der Waals surface area (Å²) in [5, 5.41) is 9.09. The van der Waals surface area contributed by atoms with Crippen LogP contribution in [0.2, 0.25) is 0 Å². The Balaban J connectivity index is 2.08. The molecule has 1 fully saturated rings. The van der Waals surface area contributed by atoms with E-state index < -0.39 is 6.09 Å². The second-order valence-corrected chi connectivity index (χ2v) is 4.98. The van der Waals surface area contributed by atoms with E-state index in [1.165, 1.54) is 10.5 Å². The highest BCUT2D eigenvalue weighted by molar-refractivity contribution is 5.65. The van der Waals surface area contributed by atoms with Crippen molar-refractivity contribution in [1.82, 2.24) is 9.80 Å². The zero-order chi connectivity index (χ0) is 13.8. The predicted molar refractivity (Wildman–Crippen MR) is 74.0 cm³/mol. The Morgan fingerprint density at radius 2 is 2.11 bits per heavy atom. The number of carboxylic acid groups (broad SMARTS) is 1. The van der Waals surface area contributed by atoms with Crippen molar-refractivity contribution >= 4 is 6.09 Å². The fourth-order valence-corrected chi connectivity index (χ4v) is 2.72. The Hall–Kier alpha value is -1.59. The summed E-state index contributed by atoms with van der Waals surface area (Å²) >= 11 is 0. The van der Waals surface area contributed by atoms with Crippen LogP contribution in [0.4, 0.5) is 4.79 Å². The van der Waals surface area contributed by atoms with E-state index in [0.29, 0.717) is 13.1 Å². The summed E-state index contributed by atoms with van der Waals surface area (Å²) in [7, 11) is 0. The van der Waals surface area contributed by atoms with Crippen LogP contribution in [-0.4, -0.2) is 53.2 Å². The molecule has 0 spiro atoms. The molecule has 0 radical (unpaired) electrons. The monoisotopic (exact) mass is 263 g/mol. The van der Waals surface area contributed by atoms with Crippen molar-refractivity contribution < 1.29 is 9.90 Å². The SMILES string of the molecule is C[C@@H]1CN([C@@H](CN)c2ccccc2)CCN1C(=O)O. The van der Waals surface area contributed by atoms with Crippen molar-refractivity contribution in [2.45, 2.75) is 19.0 Å². The molecule has 1 heterocycles. The molecule has 1 aromatic carbocycles. The molecule has 104 valence electrons. The van der Waals surface area contributed by atoms with E-state index in [9.17, 15) is 4.79 Å². The number of hydrogen-bond acceptors (Lipinski definition) is 3. The number of amides is 1. The lowest BCUT2D eigenvalue weighted by molar-refractivity contribution is 0.0552. The highest BCUT2D eigenvalue weighted by atomic mass is 16.4. The zero-order valence-electron chi connectivity index (χ0n) is 11.2. The van der Waals surface area contributed by atoms with Gasteiger partial charge in [-0.25, -0.2) is 4.79 Å². The summed E-state index contributed by atoms with van der Waals surface area (Å²) < 4.78 is 0. The van der Waals surface area contributed by atoms with Gasteiger partial charge in [-0.3, -0.25) is 4.90 Å². The van der Waals surface area contributed by atoms with Gasteiger partial charge in [0, 0.05) is 38.3 Å². The number of carbonyl (C=O) groups is 1. The van der Waals surface area contributed by atoms with E-state index >= 15 is 0 Å². The summed E-state index contributed by atoms with van der Waals surface area (Å²) in [6, 6.07) is 10.3. The summed E-state index contributed by atoms with van der Waals surface area (Å²) in [6.45, 7) is 4.49. The molecule has 0 bridgehead atoms. The van der Waals surface area contributed by atoms with E-state index in [-0.39, 0.29) is 12.1 Å².